The zero-order chi connectivity index (χ0) is 21.4. The first-order valence-corrected chi connectivity index (χ1v) is 10.5. The van der Waals surface area contributed by atoms with E-state index < -0.39 is 21.4 Å². The summed E-state index contributed by atoms with van der Waals surface area (Å²) in [7, 11) is -3.25. The number of aryl methyl sites for hydroxylation is 1. The van der Waals surface area contributed by atoms with Gasteiger partial charge in [-0.15, -0.1) is 0 Å². The third-order valence-corrected chi connectivity index (χ3v) is 5.40. The van der Waals surface area contributed by atoms with Crippen LogP contribution in [-0.2, 0) is 27.8 Å². The van der Waals surface area contributed by atoms with Crippen molar-refractivity contribution >= 4 is 16.0 Å². The van der Waals surface area contributed by atoms with Crippen LogP contribution in [-0.4, -0.2) is 36.6 Å². The minimum atomic E-state index is -3.25. The number of carboxylic acid groups (broad SMARTS) is 1. The molecule has 5 N–H and O–H groups in total. The smallest absolute Gasteiger partial charge is 0.309 e. The van der Waals surface area contributed by atoms with E-state index in [9.17, 15) is 18.3 Å². The Morgan fingerprint density at radius 1 is 1.33 bits per heavy atom. The fraction of sp³-hybridized carbons (Fsp3) is 0.526. The number of hydrogen-bond acceptors (Lipinski definition) is 5. The van der Waals surface area contributed by atoms with Crippen molar-refractivity contribution in [2.45, 2.75) is 47.6 Å². The third-order valence-electron chi connectivity index (χ3n) is 4.07. The molecule has 0 aliphatic heterocycles. The number of hydrogen-bond donors (Lipinski definition) is 3. The Bertz CT molecular complexity index is 767. The van der Waals surface area contributed by atoms with Crippen molar-refractivity contribution in [1.82, 2.24) is 4.31 Å². The van der Waals surface area contributed by atoms with E-state index in [0.717, 1.165) is 16.7 Å². The van der Waals surface area contributed by atoms with Crippen LogP contribution in [0.1, 0.15) is 44.4 Å². The van der Waals surface area contributed by atoms with Gasteiger partial charge in [0, 0.05) is 25.0 Å². The molecule has 0 atom stereocenters. The van der Waals surface area contributed by atoms with Gasteiger partial charge in [0.1, 0.15) is 0 Å². The van der Waals surface area contributed by atoms with Gasteiger partial charge in [-0.2, -0.15) is 4.31 Å². The molecule has 0 bridgehead atoms. The summed E-state index contributed by atoms with van der Waals surface area (Å²) < 4.78 is 24.9. The van der Waals surface area contributed by atoms with Crippen molar-refractivity contribution in [1.29, 1.82) is 0 Å². The van der Waals surface area contributed by atoms with Crippen LogP contribution >= 0.6 is 0 Å². The molecule has 0 fully saturated rings. The summed E-state index contributed by atoms with van der Waals surface area (Å²) in [6, 6.07) is 5.73. The predicted octanol–water partition coefficient (Wildman–Crippen LogP) is 2.19. The van der Waals surface area contributed by atoms with Gasteiger partial charge in [-0.1, -0.05) is 25.1 Å². The second-order valence-corrected chi connectivity index (χ2v) is 9.21. The summed E-state index contributed by atoms with van der Waals surface area (Å²) >= 11 is 0. The number of carboxylic acids is 1. The quantitative estimate of drug-likeness (QED) is 0.645. The van der Waals surface area contributed by atoms with Crippen molar-refractivity contribution in [3.8, 4) is 0 Å². The maximum Gasteiger partial charge on any atom is 0.309 e. The summed E-state index contributed by atoms with van der Waals surface area (Å²) in [5.41, 5.74) is 12.5. The lowest BCUT2D eigenvalue weighted by atomic mass is 9.85. The van der Waals surface area contributed by atoms with Gasteiger partial charge < -0.3 is 16.6 Å². The number of carbonyl (C=O) groups is 1. The average molecular weight is 400 g/mol. The molecule has 0 spiro atoms. The van der Waals surface area contributed by atoms with Crippen molar-refractivity contribution in [2.24, 2.45) is 16.9 Å². The molecule has 8 heteroatoms. The van der Waals surface area contributed by atoms with E-state index in [0.29, 0.717) is 25.2 Å². The Morgan fingerprint density at radius 2 is 1.85 bits per heavy atom. The maximum atomic E-state index is 11.7. The van der Waals surface area contributed by atoms with E-state index in [1.54, 1.807) is 27.7 Å². The highest BCUT2D eigenvalue weighted by atomic mass is 32.2. The molecule has 154 valence electrons. The highest BCUT2D eigenvalue weighted by Gasteiger charge is 2.27. The predicted molar refractivity (Wildman–Crippen MR) is 109 cm³/mol. The van der Waals surface area contributed by atoms with Crippen LogP contribution in [0.15, 0.2) is 30.1 Å². The SMILES string of the molecule is C/C(N)=C/N.CCN(Cc1cc(CC(C)(C)C(=O)O)ccc1C)S(C)(=O)=O. The Balaban J connectivity index is 0.00000119. The van der Waals surface area contributed by atoms with Crippen molar-refractivity contribution < 1.29 is 18.3 Å². The first kappa shape index (κ1) is 24.9. The van der Waals surface area contributed by atoms with Gasteiger partial charge in [0.2, 0.25) is 10.0 Å². The maximum absolute atomic E-state index is 11.7. The summed E-state index contributed by atoms with van der Waals surface area (Å²) in [5.74, 6) is -0.846. The first-order valence-electron chi connectivity index (χ1n) is 8.65. The van der Waals surface area contributed by atoms with Crippen LogP contribution in [0.2, 0.25) is 0 Å². The van der Waals surface area contributed by atoms with Gasteiger partial charge in [0.15, 0.2) is 0 Å². The lowest BCUT2D eigenvalue weighted by Crippen LogP contribution is -2.29. The number of allylic oxidation sites excluding steroid dienone is 1. The molecule has 27 heavy (non-hydrogen) atoms. The lowest BCUT2D eigenvalue weighted by Gasteiger charge is -2.22. The van der Waals surface area contributed by atoms with Crippen LogP contribution in [0.3, 0.4) is 0 Å². The van der Waals surface area contributed by atoms with Gasteiger partial charge in [-0.3, -0.25) is 4.79 Å². The van der Waals surface area contributed by atoms with Crippen molar-refractivity contribution in [2.75, 3.05) is 12.8 Å². The second-order valence-electron chi connectivity index (χ2n) is 7.23. The van der Waals surface area contributed by atoms with E-state index in [-0.39, 0.29) is 0 Å². The highest BCUT2D eigenvalue weighted by molar-refractivity contribution is 7.88. The third kappa shape index (κ3) is 8.92. The molecule has 1 aromatic carbocycles. The first-order chi connectivity index (χ1) is 12.2. The molecule has 0 heterocycles. The number of nitrogens with two attached hydrogens (primary N) is 2. The highest BCUT2D eigenvalue weighted by Crippen LogP contribution is 2.24. The molecule has 0 saturated heterocycles. The standard InChI is InChI=1S/C16H25NO4S.C3H8N2/c1-6-17(22(5,20)21)11-14-9-13(8-7-12(14)2)10-16(3,4)15(18)19;1-3(5)2-4/h7-9H,6,10-11H2,1-5H3,(H,18,19);2H,4-5H2,1H3/b;3-2-. The van der Waals surface area contributed by atoms with Gasteiger partial charge in [0.05, 0.1) is 11.7 Å². The van der Waals surface area contributed by atoms with E-state index >= 15 is 0 Å². The van der Waals surface area contributed by atoms with Gasteiger partial charge >= 0.3 is 5.97 Å². The van der Waals surface area contributed by atoms with Gasteiger partial charge in [0.25, 0.3) is 0 Å². The summed E-state index contributed by atoms with van der Waals surface area (Å²) in [6.07, 6.45) is 2.96. The zero-order valence-corrected chi connectivity index (χ0v) is 17.9. The number of benzene rings is 1. The molecule has 0 amide bonds. The van der Waals surface area contributed by atoms with E-state index in [2.05, 4.69) is 0 Å². The Hall–Kier alpha value is -2.06. The normalized spacial score (nSPS) is 12.5. The molecular formula is C19H33N3O4S. The zero-order valence-electron chi connectivity index (χ0n) is 17.1. The number of sulfonamides is 1. The second kappa shape index (κ2) is 10.3. The minimum Gasteiger partial charge on any atom is -0.481 e. The number of aliphatic carboxylic acids is 1. The lowest BCUT2D eigenvalue weighted by molar-refractivity contribution is -0.146. The molecule has 0 saturated carbocycles. The fourth-order valence-corrected chi connectivity index (χ4v) is 3.09. The van der Waals surface area contributed by atoms with Crippen LogP contribution in [0, 0.1) is 12.3 Å². The summed E-state index contributed by atoms with van der Waals surface area (Å²) in [4.78, 5) is 11.2. The van der Waals surface area contributed by atoms with Gasteiger partial charge in [-0.25, -0.2) is 8.42 Å². The average Bonchev–Trinajstić information content (AvgIpc) is 2.54. The summed E-state index contributed by atoms with van der Waals surface area (Å²) in [6.45, 7) is 9.55. The van der Waals surface area contributed by atoms with E-state index in [1.165, 1.54) is 16.8 Å². The van der Waals surface area contributed by atoms with Crippen LogP contribution in [0.5, 0.6) is 0 Å². The van der Waals surface area contributed by atoms with E-state index in [4.69, 9.17) is 11.5 Å². The minimum absolute atomic E-state index is 0.308. The van der Waals surface area contributed by atoms with E-state index in [1.807, 2.05) is 25.1 Å². The topological polar surface area (TPSA) is 127 Å². The molecular weight excluding hydrogens is 366 g/mol. The van der Waals surface area contributed by atoms with Crippen LogP contribution in [0.4, 0.5) is 0 Å². The Kier molecular flexibility index (Phi) is 9.53. The molecule has 0 aliphatic carbocycles. The molecule has 1 aromatic rings. The summed E-state index contributed by atoms with van der Waals surface area (Å²) in [5, 5.41) is 9.23. The number of rotatable bonds is 7. The largest absolute Gasteiger partial charge is 0.481 e. The fourth-order valence-electron chi connectivity index (χ4n) is 2.24. The molecule has 0 aromatic heterocycles. The molecule has 7 nitrogen and oxygen atoms in total. The van der Waals surface area contributed by atoms with Crippen LogP contribution < -0.4 is 11.5 Å². The molecule has 0 radical (unpaired) electrons. The Labute approximate surface area is 163 Å². The van der Waals surface area contributed by atoms with Crippen LogP contribution in [0.25, 0.3) is 0 Å². The van der Waals surface area contributed by atoms with Crippen molar-refractivity contribution in [3.63, 3.8) is 0 Å². The molecule has 0 unspecified atom stereocenters. The van der Waals surface area contributed by atoms with Gasteiger partial charge in [-0.05, 0) is 50.8 Å². The monoisotopic (exact) mass is 399 g/mol. The molecule has 1 rings (SSSR count). The van der Waals surface area contributed by atoms with Crippen molar-refractivity contribution in [3.05, 3.63) is 46.8 Å². The Morgan fingerprint density at radius 3 is 2.22 bits per heavy atom. The molecule has 0 aliphatic rings. The number of nitrogens with zero attached hydrogens (tertiary/aromatic N) is 1.